The van der Waals surface area contributed by atoms with E-state index in [0.717, 1.165) is 11.4 Å². The highest BCUT2D eigenvalue weighted by molar-refractivity contribution is 14.0. The molecule has 0 saturated carbocycles. The Morgan fingerprint density at radius 3 is 2.58 bits per heavy atom. The van der Waals surface area contributed by atoms with Gasteiger partial charge in [0.1, 0.15) is 0 Å². The molecule has 3 N–H and O–H groups in total. The molecule has 0 spiro atoms. The highest BCUT2D eigenvalue weighted by atomic mass is 127. The van der Waals surface area contributed by atoms with Crippen molar-refractivity contribution in [1.29, 1.82) is 0 Å². The Hall–Kier alpha value is -1.81. The van der Waals surface area contributed by atoms with Gasteiger partial charge in [0.2, 0.25) is 5.91 Å². The minimum absolute atomic E-state index is 0. The zero-order valence-electron chi connectivity index (χ0n) is 14.8. The zero-order chi connectivity index (χ0) is 18.1. The maximum Gasteiger partial charge on any atom is 0.224 e. The smallest absolute Gasteiger partial charge is 0.224 e. The van der Waals surface area contributed by atoms with Gasteiger partial charge in [0, 0.05) is 44.0 Å². The molecule has 0 atom stereocenters. The quantitative estimate of drug-likeness (QED) is 0.241. The van der Waals surface area contributed by atoms with Crippen LogP contribution in [0.25, 0.3) is 0 Å². The molecule has 7 nitrogen and oxygen atoms in total. The number of aryl methyl sites for hydroxylation is 1. The van der Waals surface area contributed by atoms with Crippen LogP contribution < -0.4 is 16.0 Å². The lowest BCUT2D eigenvalue weighted by Crippen LogP contribution is -2.37. The van der Waals surface area contributed by atoms with Gasteiger partial charge in [-0.25, -0.2) is 0 Å². The lowest BCUT2D eigenvalue weighted by Gasteiger charge is -2.12. The van der Waals surface area contributed by atoms with Crippen LogP contribution in [0.4, 0.5) is 5.69 Å². The zero-order valence-corrected chi connectivity index (χ0v) is 17.9. The van der Waals surface area contributed by atoms with E-state index >= 15 is 0 Å². The highest BCUT2D eigenvalue weighted by Gasteiger charge is 2.04. The Morgan fingerprint density at radius 2 is 1.96 bits per heavy atom. The van der Waals surface area contributed by atoms with Gasteiger partial charge in [-0.3, -0.25) is 14.5 Å². The third kappa shape index (κ3) is 7.61. The Labute approximate surface area is 175 Å². The number of benzene rings is 1. The van der Waals surface area contributed by atoms with Crippen LogP contribution in [0.5, 0.6) is 0 Å². The lowest BCUT2D eigenvalue weighted by molar-refractivity contribution is -0.116. The summed E-state index contributed by atoms with van der Waals surface area (Å²) >= 11 is 5.82. The van der Waals surface area contributed by atoms with Crippen molar-refractivity contribution >= 4 is 53.1 Å². The second kappa shape index (κ2) is 11.7. The fraction of sp³-hybridized carbons (Fsp3) is 0.353. The number of nitrogens with zero attached hydrogens (tertiary/aromatic N) is 3. The van der Waals surface area contributed by atoms with Crippen molar-refractivity contribution in [3.63, 3.8) is 0 Å². The van der Waals surface area contributed by atoms with Crippen molar-refractivity contribution in [3.05, 3.63) is 47.2 Å². The molecule has 0 radical (unpaired) electrons. The molecule has 0 bridgehead atoms. The Kier molecular flexibility index (Phi) is 10.0. The molecule has 0 aliphatic carbocycles. The molecule has 0 unspecified atom stereocenters. The van der Waals surface area contributed by atoms with Gasteiger partial charge in [-0.1, -0.05) is 11.6 Å². The van der Waals surface area contributed by atoms with E-state index in [2.05, 4.69) is 26.0 Å². The number of hydrogen-bond acceptors (Lipinski definition) is 3. The number of nitrogens with one attached hydrogen (secondary N) is 3. The summed E-state index contributed by atoms with van der Waals surface area (Å²) in [7, 11) is 3.61. The van der Waals surface area contributed by atoms with Crippen LogP contribution in [0.1, 0.15) is 18.5 Å². The van der Waals surface area contributed by atoms with Crippen molar-refractivity contribution in [2.24, 2.45) is 12.0 Å². The standard InChI is InChI=1S/C17H23ClN6O.HI/c1-19-17(21-12-15-9-11-22-24(15)2)20-10-3-4-16(25)23-14-7-5-13(18)6-8-14;/h5-9,11H,3-4,10,12H2,1-2H3,(H,23,25)(H2,19,20,21);1H. The summed E-state index contributed by atoms with van der Waals surface area (Å²) in [6.07, 6.45) is 2.88. The molecular formula is C17H24ClIN6O. The highest BCUT2D eigenvalue weighted by Crippen LogP contribution is 2.13. The van der Waals surface area contributed by atoms with E-state index in [1.165, 1.54) is 0 Å². The van der Waals surface area contributed by atoms with Gasteiger partial charge in [0.15, 0.2) is 5.96 Å². The average molecular weight is 491 g/mol. The first kappa shape index (κ1) is 22.2. The Bertz CT molecular complexity index is 716. The van der Waals surface area contributed by atoms with Crippen LogP contribution in [0.15, 0.2) is 41.5 Å². The SMILES string of the molecule is CN=C(NCCCC(=O)Nc1ccc(Cl)cc1)NCc1ccnn1C.I. The first-order valence-electron chi connectivity index (χ1n) is 8.05. The molecule has 0 aliphatic rings. The lowest BCUT2D eigenvalue weighted by atomic mass is 10.2. The van der Waals surface area contributed by atoms with Gasteiger partial charge in [-0.2, -0.15) is 5.10 Å². The predicted octanol–water partition coefficient (Wildman–Crippen LogP) is 2.78. The predicted molar refractivity (Wildman–Crippen MR) is 116 cm³/mol. The topological polar surface area (TPSA) is 83.3 Å². The van der Waals surface area contributed by atoms with Crippen molar-refractivity contribution in [2.75, 3.05) is 18.9 Å². The van der Waals surface area contributed by atoms with Gasteiger partial charge in [0.25, 0.3) is 0 Å². The average Bonchev–Trinajstić information content (AvgIpc) is 3.01. The minimum Gasteiger partial charge on any atom is -0.356 e. The molecule has 0 saturated heterocycles. The van der Waals surface area contributed by atoms with E-state index in [1.54, 1.807) is 42.2 Å². The number of carbonyl (C=O) groups excluding carboxylic acids is 1. The molecular weight excluding hydrogens is 467 g/mol. The van der Waals surface area contributed by atoms with Crippen LogP contribution in [0, 0.1) is 0 Å². The summed E-state index contributed by atoms with van der Waals surface area (Å²) in [6.45, 7) is 1.28. The van der Waals surface area contributed by atoms with Gasteiger partial charge in [-0.05, 0) is 36.8 Å². The number of guanidine groups is 1. The van der Waals surface area contributed by atoms with Gasteiger partial charge < -0.3 is 16.0 Å². The van der Waals surface area contributed by atoms with Crippen molar-refractivity contribution in [2.45, 2.75) is 19.4 Å². The van der Waals surface area contributed by atoms with Crippen LogP contribution in [-0.2, 0) is 18.4 Å². The number of carbonyl (C=O) groups is 1. The molecule has 1 aromatic carbocycles. The number of amides is 1. The maximum atomic E-state index is 11.9. The molecule has 1 aromatic heterocycles. The number of aromatic nitrogens is 2. The number of halogens is 2. The van der Waals surface area contributed by atoms with Gasteiger partial charge >= 0.3 is 0 Å². The van der Waals surface area contributed by atoms with E-state index in [1.807, 2.05) is 13.1 Å². The van der Waals surface area contributed by atoms with Crippen molar-refractivity contribution < 1.29 is 4.79 Å². The number of rotatable bonds is 7. The normalized spacial score (nSPS) is 10.8. The van der Waals surface area contributed by atoms with E-state index in [4.69, 9.17) is 11.6 Å². The molecule has 2 rings (SSSR count). The summed E-state index contributed by atoms with van der Waals surface area (Å²) < 4.78 is 1.81. The minimum atomic E-state index is -0.0260. The van der Waals surface area contributed by atoms with Crippen LogP contribution in [0.2, 0.25) is 5.02 Å². The fourth-order valence-electron chi connectivity index (χ4n) is 2.18. The monoisotopic (exact) mass is 490 g/mol. The molecule has 1 amide bonds. The van der Waals surface area contributed by atoms with E-state index < -0.39 is 0 Å². The van der Waals surface area contributed by atoms with Crippen LogP contribution in [0.3, 0.4) is 0 Å². The van der Waals surface area contributed by atoms with Crippen molar-refractivity contribution in [3.8, 4) is 0 Å². The summed E-state index contributed by atoms with van der Waals surface area (Å²) in [5.74, 6) is 0.668. The first-order valence-corrected chi connectivity index (χ1v) is 8.43. The van der Waals surface area contributed by atoms with Gasteiger partial charge in [-0.15, -0.1) is 24.0 Å². The van der Waals surface area contributed by atoms with Crippen LogP contribution in [-0.4, -0.2) is 35.2 Å². The summed E-state index contributed by atoms with van der Waals surface area (Å²) in [5.41, 5.74) is 1.81. The largest absolute Gasteiger partial charge is 0.356 e. The Balaban J connectivity index is 0.00000338. The van der Waals surface area contributed by atoms with Crippen molar-refractivity contribution in [1.82, 2.24) is 20.4 Å². The molecule has 142 valence electrons. The molecule has 9 heteroatoms. The molecule has 1 heterocycles. The third-order valence-corrected chi connectivity index (χ3v) is 3.84. The maximum absolute atomic E-state index is 11.9. The van der Waals surface area contributed by atoms with E-state index in [-0.39, 0.29) is 29.9 Å². The molecule has 0 fully saturated rings. The molecule has 0 aliphatic heterocycles. The summed E-state index contributed by atoms with van der Waals surface area (Å²) in [6, 6.07) is 9.00. The van der Waals surface area contributed by atoms with E-state index in [0.29, 0.717) is 36.9 Å². The Morgan fingerprint density at radius 1 is 1.23 bits per heavy atom. The summed E-state index contributed by atoms with van der Waals surface area (Å²) in [4.78, 5) is 16.1. The molecule has 26 heavy (non-hydrogen) atoms. The second-order valence-corrected chi connectivity index (χ2v) is 5.89. The number of anilines is 1. The second-order valence-electron chi connectivity index (χ2n) is 5.46. The van der Waals surface area contributed by atoms with E-state index in [9.17, 15) is 4.79 Å². The van der Waals surface area contributed by atoms with Gasteiger partial charge in [0.05, 0.1) is 12.2 Å². The van der Waals surface area contributed by atoms with Crippen LogP contribution >= 0.6 is 35.6 Å². The number of aliphatic imine (C=N–C) groups is 1. The fourth-order valence-corrected chi connectivity index (χ4v) is 2.31. The number of hydrogen-bond donors (Lipinski definition) is 3. The summed E-state index contributed by atoms with van der Waals surface area (Å²) in [5, 5.41) is 14.0. The first-order chi connectivity index (χ1) is 12.1. The molecule has 2 aromatic rings. The third-order valence-electron chi connectivity index (χ3n) is 3.58.